The summed E-state index contributed by atoms with van der Waals surface area (Å²) in [6.07, 6.45) is 2.74. The largest absolute Gasteiger partial charge is 0.437 e. The number of nitrogens with zero attached hydrogens (tertiary/aromatic N) is 5. The Morgan fingerprint density at radius 1 is 1.05 bits per heavy atom. The second kappa shape index (κ2) is 11.5. The van der Waals surface area contributed by atoms with Crippen molar-refractivity contribution in [3.8, 4) is 11.8 Å². The number of hydrogen-bond donors (Lipinski definition) is 2. The predicted octanol–water partition coefficient (Wildman–Crippen LogP) is 3.71. The minimum atomic E-state index is 0.177. The minimum absolute atomic E-state index is 0.177. The first kappa shape index (κ1) is 24.3. The Bertz CT molecular complexity index is 1280. The highest BCUT2D eigenvalue weighted by Crippen LogP contribution is 2.35. The maximum Gasteiger partial charge on any atom is 0.223 e. The van der Waals surface area contributed by atoms with Crippen molar-refractivity contribution in [1.82, 2.24) is 19.8 Å². The second-order valence-corrected chi connectivity index (χ2v) is 8.98. The molecule has 1 fully saturated rings. The van der Waals surface area contributed by atoms with E-state index >= 15 is 0 Å². The lowest BCUT2D eigenvalue weighted by molar-refractivity contribution is -0.133. The van der Waals surface area contributed by atoms with Crippen LogP contribution in [0.2, 0.25) is 0 Å². The van der Waals surface area contributed by atoms with Crippen molar-refractivity contribution < 1.29 is 9.53 Å². The van der Waals surface area contributed by atoms with E-state index in [4.69, 9.17) is 4.74 Å². The highest BCUT2D eigenvalue weighted by molar-refractivity contribution is 5.82. The minimum Gasteiger partial charge on any atom is -0.437 e. The van der Waals surface area contributed by atoms with E-state index in [2.05, 4.69) is 55.8 Å². The summed E-state index contributed by atoms with van der Waals surface area (Å²) in [6, 6.07) is 21.8. The fraction of sp³-hybridized carbons (Fsp3) is 0.286. The lowest BCUT2D eigenvalue weighted by Crippen LogP contribution is -2.48. The van der Waals surface area contributed by atoms with Gasteiger partial charge in [-0.15, -0.1) is 0 Å². The molecule has 1 amide bonds. The lowest BCUT2D eigenvalue weighted by Gasteiger charge is -2.34. The number of carbonyl (C=O) groups excluding carboxylic acids is 1. The average Bonchev–Trinajstić information content (AvgIpc) is 3.36. The van der Waals surface area contributed by atoms with Crippen LogP contribution in [0.5, 0.6) is 5.75 Å². The van der Waals surface area contributed by atoms with Crippen LogP contribution in [0.3, 0.4) is 0 Å². The van der Waals surface area contributed by atoms with Crippen molar-refractivity contribution in [1.29, 1.82) is 5.26 Å². The monoisotopic (exact) mass is 495 g/mol. The molecule has 9 heteroatoms. The van der Waals surface area contributed by atoms with Gasteiger partial charge in [-0.1, -0.05) is 42.5 Å². The maximum atomic E-state index is 12.7. The Labute approximate surface area is 216 Å². The first-order valence-electron chi connectivity index (χ1n) is 12.5. The third-order valence-electron chi connectivity index (χ3n) is 6.42. The predicted molar refractivity (Wildman–Crippen MR) is 141 cm³/mol. The van der Waals surface area contributed by atoms with Gasteiger partial charge in [-0.05, 0) is 30.2 Å². The van der Waals surface area contributed by atoms with Crippen molar-refractivity contribution in [2.24, 2.45) is 0 Å². The summed E-state index contributed by atoms with van der Waals surface area (Å²) in [5, 5.41) is 16.0. The molecule has 3 aromatic rings. The maximum absolute atomic E-state index is 12.7. The van der Waals surface area contributed by atoms with Gasteiger partial charge in [0, 0.05) is 51.9 Å². The van der Waals surface area contributed by atoms with Crippen molar-refractivity contribution in [2.75, 3.05) is 43.4 Å². The summed E-state index contributed by atoms with van der Waals surface area (Å²) in [5.41, 5.74) is 2.86. The Kier molecular flexibility index (Phi) is 7.58. The summed E-state index contributed by atoms with van der Waals surface area (Å²) >= 11 is 0. The molecule has 2 N–H and O–H groups in total. The molecule has 0 aliphatic carbocycles. The van der Waals surface area contributed by atoms with Gasteiger partial charge in [0.05, 0.1) is 11.4 Å². The molecule has 0 radical (unpaired) electrons. The molecule has 9 nitrogen and oxygen atoms in total. The van der Waals surface area contributed by atoms with Gasteiger partial charge >= 0.3 is 0 Å². The van der Waals surface area contributed by atoms with Crippen molar-refractivity contribution in [2.45, 2.75) is 19.4 Å². The summed E-state index contributed by atoms with van der Waals surface area (Å²) in [4.78, 5) is 25.8. The topological polar surface area (TPSA) is 106 Å². The van der Waals surface area contributed by atoms with Crippen LogP contribution in [0.4, 0.5) is 11.6 Å². The number of ether oxygens (including phenoxy) is 1. The Balaban J connectivity index is 1.08. The van der Waals surface area contributed by atoms with E-state index in [1.165, 1.54) is 5.56 Å². The number of aromatic nitrogens is 2. The summed E-state index contributed by atoms with van der Waals surface area (Å²) < 4.78 is 5.79. The molecule has 0 unspecified atom stereocenters. The number of anilines is 2. The van der Waals surface area contributed by atoms with Crippen LogP contribution in [0.1, 0.15) is 24.1 Å². The molecule has 5 rings (SSSR count). The number of fused-ring (bicyclic) bond motifs is 1. The molecule has 37 heavy (non-hydrogen) atoms. The zero-order valence-electron chi connectivity index (χ0n) is 20.6. The van der Waals surface area contributed by atoms with Gasteiger partial charge in [-0.25, -0.2) is 9.97 Å². The summed E-state index contributed by atoms with van der Waals surface area (Å²) in [5.74, 6) is 1.60. The van der Waals surface area contributed by atoms with E-state index in [0.717, 1.165) is 38.4 Å². The molecule has 1 aromatic heterocycles. The number of benzene rings is 2. The first-order valence-corrected chi connectivity index (χ1v) is 12.5. The van der Waals surface area contributed by atoms with Gasteiger partial charge in [0.1, 0.15) is 11.6 Å². The van der Waals surface area contributed by atoms with Gasteiger partial charge in [-0.2, -0.15) is 5.26 Å². The molecule has 3 heterocycles. The Morgan fingerprint density at radius 2 is 1.84 bits per heavy atom. The van der Waals surface area contributed by atoms with Crippen LogP contribution in [-0.4, -0.2) is 58.4 Å². The van der Waals surface area contributed by atoms with E-state index < -0.39 is 0 Å². The highest BCUT2D eigenvalue weighted by Gasteiger charge is 2.23. The number of piperazine rings is 1. The van der Waals surface area contributed by atoms with Crippen LogP contribution in [0.25, 0.3) is 5.57 Å². The van der Waals surface area contributed by atoms with Crippen LogP contribution >= 0.6 is 0 Å². The summed E-state index contributed by atoms with van der Waals surface area (Å²) in [6.45, 7) is 4.78. The number of allylic oxidation sites excluding steroid dienone is 1. The van der Waals surface area contributed by atoms with E-state index in [0.29, 0.717) is 48.2 Å². The molecule has 1 saturated heterocycles. The van der Waals surface area contributed by atoms with E-state index in [1.54, 1.807) is 12.3 Å². The molecule has 2 aromatic carbocycles. The number of nitriles is 1. The van der Waals surface area contributed by atoms with Gasteiger partial charge in [0.2, 0.25) is 17.7 Å². The van der Waals surface area contributed by atoms with Gasteiger partial charge in [0.25, 0.3) is 0 Å². The van der Waals surface area contributed by atoms with E-state index in [1.807, 2.05) is 35.2 Å². The molecular weight excluding hydrogens is 466 g/mol. The first-order chi connectivity index (χ1) is 18.2. The number of nitrogens with one attached hydrogen (secondary N) is 2. The SMILES string of the molecule is N#C/C(=C1/Nc2ccccc2O1)c1ccnc(NCCCC(=O)N2CCN(Cc3ccccc3)CC2)n1. The fourth-order valence-corrected chi connectivity index (χ4v) is 4.43. The van der Waals surface area contributed by atoms with Gasteiger partial charge < -0.3 is 20.3 Å². The smallest absolute Gasteiger partial charge is 0.223 e. The molecule has 188 valence electrons. The second-order valence-electron chi connectivity index (χ2n) is 8.98. The number of rotatable bonds is 8. The van der Waals surface area contributed by atoms with Crippen LogP contribution in [-0.2, 0) is 11.3 Å². The number of hydrogen-bond acceptors (Lipinski definition) is 8. The van der Waals surface area contributed by atoms with E-state index in [9.17, 15) is 10.1 Å². The quantitative estimate of drug-likeness (QED) is 0.360. The Morgan fingerprint density at radius 3 is 2.62 bits per heavy atom. The molecule has 0 saturated carbocycles. The third kappa shape index (κ3) is 6.05. The molecule has 2 aliphatic heterocycles. The van der Waals surface area contributed by atoms with Gasteiger partial charge in [0.15, 0.2) is 5.75 Å². The fourth-order valence-electron chi connectivity index (χ4n) is 4.43. The average molecular weight is 496 g/mol. The molecular formula is C28H29N7O2. The van der Waals surface area contributed by atoms with Crippen LogP contribution in [0, 0.1) is 11.3 Å². The number of carbonyl (C=O) groups is 1. The lowest BCUT2D eigenvalue weighted by atomic mass is 10.2. The van der Waals surface area contributed by atoms with Gasteiger partial charge in [-0.3, -0.25) is 9.69 Å². The molecule has 0 bridgehead atoms. The summed E-state index contributed by atoms with van der Waals surface area (Å²) in [7, 11) is 0. The zero-order chi connectivity index (χ0) is 25.5. The highest BCUT2D eigenvalue weighted by atomic mass is 16.5. The molecule has 0 atom stereocenters. The Hall–Kier alpha value is -4.42. The number of para-hydroxylation sites is 2. The molecule has 0 spiro atoms. The normalized spacial score (nSPS) is 16.2. The molecule has 2 aliphatic rings. The van der Waals surface area contributed by atoms with Crippen LogP contribution in [0.15, 0.2) is 72.7 Å². The zero-order valence-corrected chi connectivity index (χ0v) is 20.6. The number of amides is 1. The van der Waals surface area contributed by atoms with Crippen molar-refractivity contribution >= 4 is 23.1 Å². The van der Waals surface area contributed by atoms with Crippen molar-refractivity contribution in [3.05, 3.63) is 84.0 Å². The standard InChI is InChI=1S/C28H29N7O2/c29-19-22(27-32-24-9-4-5-10-25(24)37-27)23-12-14-31-28(33-23)30-13-6-11-26(36)35-17-15-34(16-18-35)20-21-7-2-1-3-8-21/h1-5,7-10,12,14,32H,6,11,13,15-18,20H2,(H,30,31,33)/b27-22+. The van der Waals surface area contributed by atoms with E-state index in [-0.39, 0.29) is 5.91 Å². The van der Waals surface area contributed by atoms with Crippen molar-refractivity contribution in [3.63, 3.8) is 0 Å². The third-order valence-corrected chi connectivity index (χ3v) is 6.42. The van der Waals surface area contributed by atoms with Crippen LogP contribution < -0.4 is 15.4 Å².